The molecular formula is C18H15ClN2O6S. The van der Waals surface area contributed by atoms with Crippen LogP contribution in [0.25, 0.3) is 0 Å². The number of fused-ring (bicyclic) bond motifs is 1. The highest BCUT2D eigenvalue weighted by Gasteiger charge is 2.37. The summed E-state index contributed by atoms with van der Waals surface area (Å²) in [7, 11) is -4.59. The third-order valence-electron chi connectivity index (χ3n) is 4.40. The lowest BCUT2D eigenvalue weighted by Crippen LogP contribution is -2.37. The number of aliphatic carboxylic acids is 1. The number of carboxylic acids is 1. The van der Waals surface area contributed by atoms with Gasteiger partial charge in [-0.05, 0) is 24.6 Å². The molecule has 0 aliphatic heterocycles. The van der Waals surface area contributed by atoms with Crippen LogP contribution in [-0.4, -0.2) is 35.5 Å². The Labute approximate surface area is 165 Å². The molecule has 3 rings (SSSR count). The molecule has 0 fully saturated rings. The normalized spacial score (nSPS) is 22.8. The van der Waals surface area contributed by atoms with Crippen molar-refractivity contribution in [3.8, 4) is 0 Å². The molecule has 146 valence electrons. The van der Waals surface area contributed by atoms with E-state index in [-0.39, 0.29) is 22.3 Å². The average Bonchev–Trinajstić information content (AvgIpc) is 2.61. The summed E-state index contributed by atoms with van der Waals surface area (Å²) in [5.74, 6) is -3.05. The van der Waals surface area contributed by atoms with E-state index >= 15 is 0 Å². The number of Topliss-reactive ketones (excluding diaryl/α,β-unsaturated/α-hetero) is 1. The number of nitrogens with one attached hydrogen (secondary N) is 1. The van der Waals surface area contributed by atoms with Gasteiger partial charge in [0.2, 0.25) is 5.78 Å². The van der Waals surface area contributed by atoms with E-state index in [0.717, 1.165) is 6.07 Å². The van der Waals surface area contributed by atoms with Crippen LogP contribution in [0.4, 0.5) is 5.69 Å². The van der Waals surface area contributed by atoms with Gasteiger partial charge in [0.1, 0.15) is 16.2 Å². The van der Waals surface area contributed by atoms with Gasteiger partial charge in [0.15, 0.2) is 0 Å². The van der Waals surface area contributed by atoms with Crippen molar-refractivity contribution in [2.75, 3.05) is 5.43 Å². The molecule has 28 heavy (non-hydrogen) atoms. The van der Waals surface area contributed by atoms with Crippen LogP contribution in [0.5, 0.6) is 0 Å². The van der Waals surface area contributed by atoms with Crippen molar-refractivity contribution in [2.45, 2.75) is 11.8 Å². The zero-order valence-electron chi connectivity index (χ0n) is 14.5. The Morgan fingerprint density at radius 2 is 1.93 bits per heavy atom. The summed E-state index contributed by atoms with van der Waals surface area (Å²) in [5, 5.41) is 13.5. The first-order chi connectivity index (χ1) is 13.1. The Morgan fingerprint density at radius 1 is 1.25 bits per heavy atom. The lowest BCUT2D eigenvalue weighted by molar-refractivity contribution is -0.134. The average molecular weight is 423 g/mol. The van der Waals surface area contributed by atoms with Crippen LogP contribution in [0.3, 0.4) is 0 Å². The zero-order valence-corrected chi connectivity index (χ0v) is 16.0. The number of benzene rings is 1. The number of anilines is 1. The minimum absolute atomic E-state index is 0.0940. The highest BCUT2D eigenvalue weighted by molar-refractivity contribution is 7.86. The monoisotopic (exact) mass is 422 g/mol. The number of rotatable bonds is 4. The lowest BCUT2D eigenvalue weighted by atomic mass is 9.76. The summed E-state index contributed by atoms with van der Waals surface area (Å²) in [4.78, 5) is 23.5. The lowest BCUT2D eigenvalue weighted by Gasteiger charge is -2.27. The summed E-state index contributed by atoms with van der Waals surface area (Å²) in [6, 6.07) is 2.41. The summed E-state index contributed by atoms with van der Waals surface area (Å²) in [6.07, 6.45) is 8.23. The van der Waals surface area contributed by atoms with Gasteiger partial charge in [-0.3, -0.25) is 14.8 Å². The Bertz CT molecular complexity index is 1100. The molecule has 2 unspecified atom stereocenters. The van der Waals surface area contributed by atoms with Gasteiger partial charge >= 0.3 is 5.97 Å². The second-order valence-electron chi connectivity index (χ2n) is 6.27. The molecule has 0 aromatic heterocycles. The van der Waals surface area contributed by atoms with E-state index in [1.807, 2.05) is 0 Å². The molecule has 2 atom stereocenters. The van der Waals surface area contributed by atoms with Crippen molar-refractivity contribution >= 4 is 44.9 Å². The molecule has 0 saturated carbocycles. The minimum Gasteiger partial charge on any atom is -0.478 e. The van der Waals surface area contributed by atoms with Crippen LogP contribution in [0.1, 0.15) is 5.56 Å². The number of carbonyl (C=O) groups excluding carboxylic acids is 1. The van der Waals surface area contributed by atoms with Crippen molar-refractivity contribution in [1.82, 2.24) is 0 Å². The number of ketones is 1. The van der Waals surface area contributed by atoms with Gasteiger partial charge in [0.05, 0.1) is 5.69 Å². The maximum Gasteiger partial charge on any atom is 0.339 e. The van der Waals surface area contributed by atoms with E-state index < -0.39 is 38.3 Å². The first-order valence-electron chi connectivity index (χ1n) is 8.05. The van der Waals surface area contributed by atoms with Gasteiger partial charge in [0.25, 0.3) is 10.1 Å². The van der Waals surface area contributed by atoms with Gasteiger partial charge in [-0.1, -0.05) is 42.0 Å². The quantitative estimate of drug-likeness (QED) is 0.385. The number of carboxylic acid groups (broad SMARTS) is 1. The van der Waals surface area contributed by atoms with Crippen LogP contribution in [0, 0.1) is 18.8 Å². The molecule has 10 heteroatoms. The van der Waals surface area contributed by atoms with Gasteiger partial charge in [-0.15, -0.1) is 0 Å². The zero-order chi connectivity index (χ0) is 20.6. The molecule has 3 N–H and O–H groups in total. The molecule has 1 aromatic carbocycles. The van der Waals surface area contributed by atoms with Crippen molar-refractivity contribution < 1.29 is 27.7 Å². The molecule has 0 saturated heterocycles. The van der Waals surface area contributed by atoms with Crippen LogP contribution in [-0.2, 0) is 19.7 Å². The maximum absolute atomic E-state index is 12.6. The standard InChI is InChI=1S/C18H15ClN2O6S/c1-9-6-15(28(25,26)27)14(8-13(9)19)20-21-16-11-5-3-2-4-10(11)7-12(17(16)22)18(23)24/h2-8,10-11,20H,1H3,(H,23,24)(H,25,26,27)/b21-16+. The van der Waals surface area contributed by atoms with E-state index in [4.69, 9.17) is 11.6 Å². The van der Waals surface area contributed by atoms with Crippen LogP contribution < -0.4 is 5.43 Å². The number of hydrazone groups is 1. The number of hydrogen-bond acceptors (Lipinski definition) is 6. The first kappa shape index (κ1) is 20.0. The Hall–Kier alpha value is -2.75. The van der Waals surface area contributed by atoms with Crippen molar-refractivity contribution in [3.05, 3.63) is 58.7 Å². The first-order valence-corrected chi connectivity index (χ1v) is 9.87. The van der Waals surface area contributed by atoms with E-state index in [9.17, 15) is 27.7 Å². The number of allylic oxidation sites excluding steroid dienone is 5. The fourth-order valence-corrected chi connectivity index (χ4v) is 3.86. The van der Waals surface area contributed by atoms with Gasteiger partial charge in [-0.2, -0.15) is 13.5 Å². The van der Waals surface area contributed by atoms with Crippen LogP contribution in [0.2, 0.25) is 5.02 Å². The van der Waals surface area contributed by atoms with E-state index in [1.54, 1.807) is 31.2 Å². The predicted octanol–water partition coefficient (Wildman–Crippen LogP) is 2.62. The molecule has 0 heterocycles. The predicted molar refractivity (Wildman–Crippen MR) is 103 cm³/mol. The van der Waals surface area contributed by atoms with E-state index in [2.05, 4.69) is 10.5 Å². The van der Waals surface area contributed by atoms with Gasteiger partial charge < -0.3 is 5.11 Å². The van der Waals surface area contributed by atoms with Crippen molar-refractivity contribution in [1.29, 1.82) is 0 Å². The molecule has 0 amide bonds. The third kappa shape index (κ3) is 3.77. The fraction of sp³-hybridized carbons (Fsp3) is 0.167. The number of carbonyl (C=O) groups is 2. The van der Waals surface area contributed by atoms with Crippen molar-refractivity contribution in [2.24, 2.45) is 16.9 Å². The summed E-state index contributed by atoms with van der Waals surface area (Å²) < 4.78 is 32.7. The molecule has 2 aliphatic rings. The van der Waals surface area contributed by atoms with Crippen LogP contribution >= 0.6 is 11.6 Å². The second kappa shape index (κ2) is 7.34. The summed E-state index contributed by atoms with van der Waals surface area (Å²) >= 11 is 6.02. The maximum atomic E-state index is 12.6. The topological polar surface area (TPSA) is 133 Å². The highest BCUT2D eigenvalue weighted by Crippen LogP contribution is 2.32. The highest BCUT2D eigenvalue weighted by atomic mass is 35.5. The molecule has 1 aromatic rings. The summed E-state index contributed by atoms with van der Waals surface area (Å²) in [6.45, 7) is 1.56. The molecule has 0 spiro atoms. The van der Waals surface area contributed by atoms with Gasteiger partial charge in [-0.25, -0.2) is 4.79 Å². The largest absolute Gasteiger partial charge is 0.478 e. The van der Waals surface area contributed by atoms with Crippen molar-refractivity contribution in [3.63, 3.8) is 0 Å². The second-order valence-corrected chi connectivity index (χ2v) is 8.07. The van der Waals surface area contributed by atoms with E-state index in [1.165, 1.54) is 12.1 Å². The number of halogens is 1. The minimum atomic E-state index is -4.59. The number of aryl methyl sites for hydroxylation is 1. The number of hydrogen-bond donors (Lipinski definition) is 3. The smallest absolute Gasteiger partial charge is 0.339 e. The van der Waals surface area contributed by atoms with Gasteiger partial charge in [0, 0.05) is 16.9 Å². The SMILES string of the molecule is Cc1cc(S(=O)(=O)O)c(N/N=C2/C(=O)C(C(=O)O)=CC3C=CC=CC23)cc1Cl. The molecule has 2 aliphatic carbocycles. The van der Waals surface area contributed by atoms with Crippen LogP contribution in [0.15, 0.2) is 58.1 Å². The number of nitrogens with zero attached hydrogens (tertiary/aromatic N) is 1. The fourth-order valence-electron chi connectivity index (χ4n) is 2.98. The Morgan fingerprint density at radius 3 is 2.57 bits per heavy atom. The Kier molecular flexibility index (Phi) is 5.24. The Balaban J connectivity index is 2.07. The molecule has 0 bridgehead atoms. The molecule has 0 radical (unpaired) electrons. The molecule has 8 nitrogen and oxygen atoms in total. The summed E-state index contributed by atoms with van der Waals surface area (Å²) in [5.41, 5.74) is 2.21. The third-order valence-corrected chi connectivity index (χ3v) is 5.70. The van der Waals surface area contributed by atoms with E-state index in [0.29, 0.717) is 5.56 Å². The molecular weight excluding hydrogens is 408 g/mol.